The fourth-order valence-corrected chi connectivity index (χ4v) is 4.19. The van der Waals surface area contributed by atoms with Crippen LogP contribution in [0.25, 0.3) is 10.6 Å². The topological polar surface area (TPSA) is 111 Å². The lowest BCUT2D eigenvalue weighted by atomic mass is 10.2. The third-order valence-corrected chi connectivity index (χ3v) is 5.35. The first-order chi connectivity index (χ1) is 12.5. The average molecular weight is 415 g/mol. The Labute approximate surface area is 156 Å². The summed E-state index contributed by atoms with van der Waals surface area (Å²) in [5.74, 6) is 0.0821. The predicted molar refractivity (Wildman–Crippen MR) is 95.4 cm³/mol. The third kappa shape index (κ3) is 4.34. The van der Waals surface area contributed by atoms with E-state index >= 15 is 0 Å². The normalized spacial score (nSPS) is 12.1. The van der Waals surface area contributed by atoms with Crippen LogP contribution < -0.4 is 11.1 Å². The van der Waals surface area contributed by atoms with Crippen molar-refractivity contribution >= 4 is 37.9 Å². The molecule has 12 heteroatoms. The van der Waals surface area contributed by atoms with Crippen LogP contribution in [0.3, 0.4) is 0 Å². The van der Waals surface area contributed by atoms with Gasteiger partial charge in [0.05, 0.1) is 16.1 Å². The quantitative estimate of drug-likeness (QED) is 0.672. The van der Waals surface area contributed by atoms with Gasteiger partial charge in [-0.1, -0.05) is 11.3 Å². The minimum absolute atomic E-state index is 0.0706. The van der Waals surface area contributed by atoms with E-state index in [-0.39, 0.29) is 26.7 Å². The summed E-state index contributed by atoms with van der Waals surface area (Å²) in [6, 6.07) is 5.83. The second kappa shape index (κ2) is 6.78. The zero-order chi connectivity index (χ0) is 19.8. The lowest BCUT2D eigenvalue weighted by molar-refractivity contribution is -0.137. The average Bonchev–Trinajstić information content (AvgIpc) is 2.97. The molecule has 1 aromatic carbocycles. The first-order valence-corrected chi connectivity index (χ1v) is 9.99. The van der Waals surface area contributed by atoms with Gasteiger partial charge in [0, 0.05) is 18.1 Å². The molecule has 3 aromatic rings. The summed E-state index contributed by atoms with van der Waals surface area (Å²) in [5.41, 5.74) is 5.45. The molecule has 0 spiro atoms. The van der Waals surface area contributed by atoms with Crippen molar-refractivity contribution in [3.63, 3.8) is 0 Å². The zero-order valence-corrected chi connectivity index (χ0v) is 15.3. The highest BCUT2D eigenvalue weighted by molar-refractivity contribution is 7.91. The van der Waals surface area contributed by atoms with Crippen LogP contribution in [0.5, 0.6) is 0 Å². The number of halogens is 3. The predicted octanol–water partition coefficient (Wildman–Crippen LogP) is 3.35. The van der Waals surface area contributed by atoms with Crippen LogP contribution in [-0.2, 0) is 16.0 Å². The Kier molecular flexibility index (Phi) is 4.78. The van der Waals surface area contributed by atoms with Crippen LogP contribution in [0.1, 0.15) is 5.56 Å². The number of sulfone groups is 1. The molecule has 3 rings (SSSR count). The van der Waals surface area contributed by atoms with E-state index in [9.17, 15) is 21.6 Å². The van der Waals surface area contributed by atoms with Crippen LogP contribution in [0.15, 0.2) is 41.6 Å². The highest BCUT2D eigenvalue weighted by Gasteiger charge is 2.30. The van der Waals surface area contributed by atoms with Crippen molar-refractivity contribution in [2.45, 2.75) is 11.2 Å². The maximum atomic E-state index is 12.6. The van der Waals surface area contributed by atoms with Gasteiger partial charge >= 0.3 is 6.18 Å². The Morgan fingerprint density at radius 2 is 1.78 bits per heavy atom. The van der Waals surface area contributed by atoms with Gasteiger partial charge in [-0.05, 0) is 30.3 Å². The number of thiazole rings is 1. The smallest absolute Gasteiger partial charge is 0.375 e. The SMILES string of the molecule is CS(=O)(=O)c1nc(N)sc1-c1ccnc(Nc2ccc(C(F)(F)F)cc2)n1. The summed E-state index contributed by atoms with van der Waals surface area (Å²) in [4.78, 5) is 12.3. The molecule has 0 atom stereocenters. The van der Waals surface area contributed by atoms with E-state index in [1.807, 2.05) is 0 Å². The molecule has 142 valence electrons. The second-order valence-electron chi connectivity index (χ2n) is 5.42. The lowest BCUT2D eigenvalue weighted by Gasteiger charge is -2.09. The summed E-state index contributed by atoms with van der Waals surface area (Å²) in [6.45, 7) is 0. The minimum Gasteiger partial charge on any atom is -0.375 e. The number of nitrogens with one attached hydrogen (secondary N) is 1. The molecule has 27 heavy (non-hydrogen) atoms. The highest BCUT2D eigenvalue weighted by Crippen LogP contribution is 2.34. The zero-order valence-electron chi connectivity index (χ0n) is 13.6. The van der Waals surface area contributed by atoms with Gasteiger partial charge in [0.2, 0.25) is 5.95 Å². The number of anilines is 3. The van der Waals surface area contributed by atoms with E-state index in [4.69, 9.17) is 5.73 Å². The van der Waals surface area contributed by atoms with E-state index in [0.29, 0.717) is 5.69 Å². The molecule has 0 aliphatic heterocycles. The van der Waals surface area contributed by atoms with Crippen molar-refractivity contribution in [1.82, 2.24) is 15.0 Å². The van der Waals surface area contributed by atoms with Gasteiger partial charge in [0.1, 0.15) is 0 Å². The highest BCUT2D eigenvalue weighted by atomic mass is 32.2. The number of aromatic nitrogens is 3. The standard InChI is InChI=1S/C15H12F3N5O2S2/c1-27(24,25)12-11(26-13(19)23-12)10-6-7-20-14(22-10)21-9-4-2-8(3-5-9)15(16,17)18/h2-7H,1H3,(H2,19,23)(H,20,21,22). The van der Waals surface area contributed by atoms with E-state index in [1.54, 1.807) is 0 Å². The fourth-order valence-electron chi connectivity index (χ4n) is 2.15. The molecule has 0 aliphatic carbocycles. The largest absolute Gasteiger partial charge is 0.416 e. The Morgan fingerprint density at radius 3 is 2.37 bits per heavy atom. The number of nitrogens with two attached hydrogens (primary N) is 1. The maximum absolute atomic E-state index is 12.6. The Morgan fingerprint density at radius 1 is 1.11 bits per heavy atom. The minimum atomic E-state index is -4.43. The molecule has 3 N–H and O–H groups in total. The van der Waals surface area contributed by atoms with Crippen LogP contribution >= 0.6 is 11.3 Å². The van der Waals surface area contributed by atoms with E-state index in [1.165, 1.54) is 24.4 Å². The fraction of sp³-hybridized carbons (Fsp3) is 0.133. The van der Waals surface area contributed by atoms with Crippen LogP contribution in [-0.4, -0.2) is 29.6 Å². The molecule has 0 saturated heterocycles. The third-order valence-electron chi connectivity index (χ3n) is 3.32. The van der Waals surface area contributed by atoms with Crippen LogP contribution in [0.2, 0.25) is 0 Å². The van der Waals surface area contributed by atoms with Gasteiger partial charge in [-0.3, -0.25) is 0 Å². The van der Waals surface area contributed by atoms with Gasteiger partial charge in [0.25, 0.3) is 0 Å². The molecule has 0 bridgehead atoms. The van der Waals surface area contributed by atoms with Gasteiger partial charge in [-0.25, -0.2) is 23.4 Å². The summed E-state index contributed by atoms with van der Waals surface area (Å²) >= 11 is 0.958. The summed E-state index contributed by atoms with van der Waals surface area (Å²) < 4.78 is 61.6. The van der Waals surface area contributed by atoms with E-state index in [2.05, 4.69) is 20.3 Å². The molecule has 0 radical (unpaired) electrons. The Hall–Kier alpha value is -2.73. The number of rotatable bonds is 4. The number of benzene rings is 1. The number of hydrogen-bond acceptors (Lipinski definition) is 8. The van der Waals surface area contributed by atoms with Crippen molar-refractivity contribution in [2.75, 3.05) is 17.3 Å². The molecule has 2 heterocycles. The molecule has 2 aromatic heterocycles. The number of alkyl halides is 3. The molecule has 0 unspecified atom stereocenters. The number of nitrogens with zero attached hydrogens (tertiary/aromatic N) is 3. The summed E-state index contributed by atoms with van der Waals surface area (Å²) in [5, 5.41) is 2.65. The van der Waals surface area contributed by atoms with Crippen molar-refractivity contribution in [2.24, 2.45) is 0 Å². The van der Waals surface area contributed by atoms with Gasteiger partial charge in [-0.2, -0.15) is 13.2 Å². The maximum Gasteiger partial charge on any atom is 0.416 e. The first kappa shape index (κ1) is 19.0. The number of nitrogen functional groups attached to an aromatic ring is 1. The van der Waals surface area contributed by atoms with Gasteiger partial charge in [0.15, 0.2) is 20.0 Å². The summed E-state index contributed by atoms with van der Waals surface area (Å²) in [6.07, 6.45) is -2.03. The molecule has 0 amide bonds. The molecular formula is C15H12F3N5O2S2. The molecule has 0 saturated carbocycles. The summed E-state index contributed by atoms with van der Waals surface area (Å²) in [7, 11) is -3.62. The molecule has 0 aliphatic rings. The lowest BCUT2D eigenvalue weighted by Crippen LogP contribution is -2.05. The van der Waals surface area contributed by atoms with Gasteiger partial charge in [-0.15, -0.1) is 0 Å². The van der Waals surface area contributed by atoms with Crippen molar-refractivity contribution in [3.8, 4) is 10.6 Å². The Bertz CT molecular complexity index is 1080. The van der Waals surface area contributed by atoms with E-state index < -0.39 is 21.6 Å². The second-order valence-corrected chi connectivity index (χ2v) is 8.39. The van der Waals surface area contributed by atoms with Crippen molar-refractivity contribution in [3.05, 3.63) is 42.1 Å². The van der Waals surface area contributed by atoms with Gasteiger partial charge < -0.3 is 11.1 Å². The Balaban J connectivity index is 1.91. The molecule has 7 nitrogen and oxygen atoms in total. The monoisotopic (exact) mass is 415 g/mol. The molecular weight excluding hydrogens is 403 g/mol. The van der Waals surface area contributed by atoms with Crippen molar-refractivity contribution < 1.29 is 21.6 Å². The van der Waals surface area contributed by atoms with Crippen molar-refractivity contribution in [1.29, 1.82) is 0 Å². The van der Waals surface area contributed by atoms with Crippen LogP contribution in [0.4, 0.5) is 29.9 Å². The first-order valence-electron chi connectivity index (χ1n) is 7.28. The van der Waals surface area contributed by atoms with Crippen LogP contribution in [0, 0.1) is 0 Å². The van der Waals surface area contributed by atoms with E-state index in [0.717, 1.165) is 29.7 Å². The molecule has 0 fully saturated rings. The number of hydrogen-bond donors (Lipinski definition) is 2.